The molecule has 2 heterocycles. The summed E-state index contributed by atoms with van der Waals surface area (Å²) in [4.78, 5) is 4.68. The molecule has 0 unspecified atom stereocenters. The van der Waals surface area contributed by atoms with Gasteiger partial charge < -0.3 is 10.5 Å². The van der Waals surface area contributed by atoms with Crippen LogP contribution >= 0.6 is 0 Å². The lowest BCUT2D eigenvalue weighted by Gasteiger charge is -2.27. The highest BCUT2D eigenvalue weighted by Gasteiger charge is 2.23. The molecule has 18 heavy (non-hydrogen) atoms. The van der Waals surface area contributed by atoms with Gasteiger partial charge in [-0.05, 0) is 30.9 Å². The zero-order valence-electron chi connectivity index (χ0n) is 10.4. The van der Waals surface area contributed by atoms with Gasteiger partial charge in [0, 0.05) is 18.6 Å². The molecule has 2 N–H and O–H groups in total. The topological polar surface area (TPSA) is 48.1 Å². The second-order valence-electron chi connectivity index (χ2n) is 4.90. The van der Waals surface area contributed by atoms with Crippen molar-refractivity contribution >= 4 is 10.9 Å². The van der Waals surface area contributed by atoms with Crippen molar-refractivity contribution in [1.82, 2.24) is 4.98 Å². The van der Waals surface area contributed by atoms with Crippen molar-refractivity contribution in [3.05, 3.63) is 42.1 Å². The van der Waals surface area contributed by atoms with Crippen LogP contribution in [0.3, 0.4) is 0 Å². The Bertz CT molecular complexity index is 535. The minimum Gasteiger partial charge on any atom is -0.381 e. The average Bonchev–Trinajstić information content (AvgIpc) is 2.47. The maximum absolute atomic E-state index is 6.34. The monoisotopic (exact) mass is 242 g/mol. The third-order valence-corrected chi connectivity index (χ3v) is 3.74. The van der Waals surface area contributed by atoms with Gasteiger partial charge in [0.15, 0.2) is 0 Å². The first-order chi connectivity index (χ1) is 8.84. The lowest BCUT2D eigenvalue weighted by molar-refractivity contribution is 0.0580. The largest absolute Gasteiger partial charge is 0.381 e. The van der Waals surface area contributed by atoms with Gasteiger partial charge >= 0.3 is 0 Å². The maximum Gasteiger partial charge on any atom is 0.0706 e. The highest BCUT2D eigenvalue weighted by molar-refractivity contribution is 5.78. The number of nitrogens with zero attached hydrogens (tertiary/aromatic N) is 1. The Balaban J connectivity index is 1.88. The van der Waals surface area contributed by atoms with E-state index in [1.165, 1.54) is 5.39 Å². The highest BCUT2D eigenvalue weighted by atomic mass is 16.5. The zero-order valence-corrected chi connectivity index (χ0v) is 10.4. The van der Waals surface area contributed by atoms with Crippen LogP contribution in [-0.2, 0) is 4.74 Å². The van der Waals surface area contributed by atoms with Gasteiger partial charge in [0.1, 0.15) is 0 Å². The van der Waals surface area contributed by atoms with E-state index in [0.717, 1.165) is 37.3 Å². The van der Waals surface area contributed by atoms with Crippen LogP contribution in [0, 0.1) is 5.92 Å². The van der Waals surface area contributed by atoms with E-state index >= 15 is 0 Å². The van der Waals surface area contributed by atoms with Crippen LogP contribution in [-0.4, -0.2) is 18.2 Å². The summed E-state index contributed by atoms with van der Waals surface area (Å²) in [6, 6.07) is 12.3. The first kappa shape index (κ1) is 11.6. The predicted octanol–water partition coefficient (Wildman–Crippen LogP) is 2.66. The van der Waals surface area contributed by atoms with Crippen molar-refractivity contribution in [2.75, 3.05) is 13.2 Å². The Labute approximate surface area is 107 Å². The van der Waals surface area contributed by atoms with E-state index in [9.17, 15) is 0 Å². The molecule has 1 atom stereocenters. The summed E-state index contributed by atoms with van der Waals surface area (Å²) in [7, 11) is 0. The molecule has 1 saturated heterocycles. The standard InChI is InChI=1S/C15H18N2O/c16-15(12-7-9-18-10-8-12)14-6-5-11-3-1-2-4-13(11)17-14/h1-6,12,15H,7-10,16H2/t15-/m1/s1. The number of benzene rings is 1. The summed E-state index contributed by atoms with van der Waals surface area (Å²) < 4.78 is 5.38. The molecule has 1 aliphatic rings. The quantitative estimate of drug-likeness (QED) is 0.880. The van der Waals surface area contributed by atoms with Crippen molar-refractivity contribution in [3.8, 4) is 0 Å². The minimum absolute atomic E-state index is 0.0264. The molecular formula is C15H18N2O. The average molecular weight is 242 g/mol. The second kappa shape index (κ2) is 5.04. The predicted molar refractivity (Wildman–Crippen MR) is 72.2 cm³/mol. The molecule has 94 valence electrons. The molecule has 1 fully saturated rings. The van der Waals surface area contributed by atoms with Gasteiger partial charge in [-0.1, -0.05) is 24.3 Å². The molecule has 1 aromatic heterocycles. The first-order valence-electron chi connectivity index (χ1n) is 6.53. The Morgan fingerprint density at radius 2 is 1.89 bits per heavy atom. The third kappa shape index (κ3) is 2.24. The maximum atomic E-state index is 6.34. The molecule has 3 heteroatoms. The third-order valence-electron chi connectivity index (χ3n) is 3.74. The summed E-state index contributed by atoms with van der Waals surface area (Å²) in [6.45, 7) is 1.65. The fourth-order valence-electron chi connectivity index (χ4n) is 2.58. The highest BCUT2D eigenvalue weighted by Crippen LogP contribution is 2.27. The van der Waals surface area contributed by atoms with Crippen LogP contribution in [0.15, 0.2) is 36.4 Å². The summed E-state index contributed by atoms with van der Waals surface area (Å²) in [5.41, 5.74) is 8.37. The van der Waals surface area contributed by atoms with E-state index in [2.05, 4.69) is 23.2 Å². The normalized spacial score (nSPS) is 18.9. The van der Waals surface area contributed by atoms with Crippen LogP contribution in [0.5, 0.6) is 0 Å². The van der Waals surface area contributed by atoms with Gasteiger partial charge in [-0.15, -0.1) is 0 Å². The van der Waals surface area contributed by atoms with Gasteiger partial charge in [0.2, 0.25) is 0 Å². The number of ether oxygens (including phenoxy) is 1. The molecule has 3 rings (SSSR count). The number of hydrogen-bond donors (Lipinski definition) is 1. The van der Waals surface area contributed by atoms with Crippen LogP contribution in [0.25, 0.3) is 10.9 Å². The van der Waals surface area contributed by atoms with E-state index in [4.69, 9.17) is 10.5 Å². The summed E-state index contributed by atoms with van der Waals surface area (Å²) in [5.74, 6) is 0.493. The van der Waals surface area contributed by atoms with Gasteiger partial charge in [0.05, 0.1) is 17.3 Å². The molecule has 0 bridgehead atoms. The van der Waals surface area contributed by atoms with Crippen LogP contribution in [0.4, 0.5) is 0 Å². The molecule has 0 amide bonds. The number of fused-ring (bicyclic) bond motifs is 1. The zero-order chi connectivity index (χ0) is 12.4. The molecule has 0 saturated carbocycles. The number of aromatic nitrogens is 1. The van der Waals surface area contributed by atoms with Crippen LogP contribution < -0.4 is 5.73 Å². The van der Waals surface area contributed by atoms with Gasteiger partial charge in [-0.3, -0.25) is 4.98 Å². The van der Waals surface area contributed by atoms with Gasteiger partial charge in [-0.2, -0.15) is 0 Å². The van der Waals surface area contributed by atoms with Crippen molar-refractivity contribution < 1.29 is 4.74 Å². The second-order valence-corrected chi connectivity index (χ2v) is 4.90. The summed E-state index contributed by atoms with van der Waals surface area (Å²) in [6.07, 6.45) is 2.07. The Hall–Kier alpha value is -1.45. The minimum atomic E-state index is 0.0264. The molecule has 0 radical (unpaired) electrons. The van der Waals surface area contributed by atoms with Crippen molar-refractivity contribution in [2.24, 2.45) is 11.7 Å². The Morgan fingerprint density at radius 1 is 1.11 bits per heavy atom. The summed E-state index contributed by atoms with van der Waals surface area (Å²) in [5, 5.41) is 1.17. The smallest absolute Gasteiger partial charge is 0.0706 e. The fraction of sp³-hybridized carbons (Fsp3) is 0.400. The number of hydrogen-bond acceptors (Lipinski definition) is 3. The molecular weight excluding hydrogens is 224 g/mol. The molecule has 3 nitrogen and oxygen atoms in total. The molecule has 2 aromatic rings. The van der Waals surface area contributed by atoms with E-state index in [0.29, 0.717) is 5.92 Å². The Kier molecular flexibility index (Phi) is 3.26. The fourth-order valence-corrected chi connectivity index (χ4v) is 2.58. The van der Waals surface area contributed by atoms with E-state index in [-0.39, 0.29) is 6.04 Å². The number of nitrogens with two attached hydrogens (primary N) is 1. The lowest BCUT2D eigenvalue weighted by atomic mass is 9.90. The molecule has 0 aliphatic carbocycles. The van der Waals surface area contributed by atoms with E-state index in [1.807, 2.05) is 18.2 Å². The van der Waals surface area contributed by atoms with Gasteiger partial charge in [0.25, 0.3) is 0 Å². The number of para-hydroxylation sites is 1. The SMILES string of the molecule is N[C@@H](c1ccc2ccccc2n1)C1CCOCC1. The van der Waals surface area contributed by atoms with Crippen LogP contribution in [0.2, 0.25) is 0 Å². The van der Waals surface area contributed by atoms with Crippen molar-refractivity contribution in [2.45, 2.75) is 18.9 Å². The number of pyridine rings is 1. The van der Waals surface area contributed by atoms with Crippen molar-refractivity contribution in [1.29, 1.82) is 0 Å². The molecule has 1 aliphatic heterocycles. The lowest BCUT2D eigenvalue weighted by Crippen LogP contribution is -2.28. The van der Waals surface area contributed by atoms with Crippen molar-refractivity contribution in [3.63, 3.8) is 0 Å². The first-order valence-corrected chi connectivity index (χ1v) is 6.53. The molecule has 1 aromatic carbocycles. The number of rotatable bonds is 2. The summed E-state index contributed by atoms with van der Waals surface area (Å²) >= 11 is 0. The Morgan fingerprint density at radius 3 is 2.72 bits per heavy atom. The van der Waals surface area contributed by atoms with Gasteiger partial charge in [-0.25, -0.2) is 0 Å². The van der Waals surface area contributed by atoms with E-state index in [1.54, 1.807) is 0 Å². The molecule has 0 spiro atoms. The van der Waals surface area contributed by atoms with Crippen LogP contribution in [0.1, 0.15) is 24.6 Å². The van der Waals surface area contributed by atoms with E-state index < -0.39 is 0 Å².